The molecule has 1 amide bonds. The number of aromatic amines is 1. The number of anilines is 1. The van der Waals surface area contributed by atoms with Crippen LogP contribution in [0.25, 0.3) is 22.0 Å². The fourth-order valence-corrected chi connectivity index (χ4v) is 3.58. The normalized spacial score (nSPS) is 17.0. The van der Waals surface area contributed by atoms with Crippen LogP contribution in [0.3, 0.4) is 0 Å². The molecule has 3 aromatic rings. The van der Waals surface area contributed by atoms with Gasteiger partial charge in [0.05, 0.1) is 17.4 Å². The van der Waals surface area contributed by atoms with Crippen LogP contribution < -0.4 is 10.2 Å². The van der Waals surface area contributed by atoms with Crippen molar-refractivity contribution in [3.05, 3.63) is 42.4 Å². The molecular formula is C20H21N5O. The summed E-state index contributed by atoms with van der Waals surface area (Å²) in [5.74, 6) is -0.0974. The van der Waals surface area contributed by atoms with Crippen molar-refractivity contribution >= 4 is 22.5 Å². The van der Waals surface area contributed by atoms with E-state index >= 15 is 0 Å². The molecule has 1 aromatic carbocycles. The van der Waals surface area contributed by atoms with Crippen molar-refractivity contribution in [1.82, 2.24) is 20.5 Å². The SMILES string of the molecule is O=C(NC1CC1)c1n[nH]c2ccc(-c3cncc(N4CCCC4)c3)cc12. The second-order valence-electron chi connectivity index (χ2n) is 7.21. The van der Waals surface area contributed by atoms with Gasteiger partial charge in [0.1, 0.15) is 0 Å². The van der Waals surface area contributed by atoms with Crippen LogP contribution in [0, 0.1) is 0 Å². The van der Waals surface area contributed by atoms with Crippen molar-refractivity contribution < 1.29 is 4.79 Å². The number of hydrogen-bond acceptors (Lipinski definition) is 4. The third-order valence-electron chi connectivity index (χ3n) is 5.22. The Morgan fingerprint density at radius 2 is 1.96 bits per heavy atom. The lowest BCUT2D eigenvalue weighted by Crippen LogP contribution is -2.25. The highest BCUT2D eigenvalue weighted by Crippen LogP contribution is 2.29. The third-order valence-corrected chi connectivity index (χ3v) is 5.22. The maximum atomic E-state index is 12.4. The standard InChI is InChI=1S/C20H21N5O/c26-20(22-15-4-5-15)19-17-10-13(3-6-18(17)23-24-19)14-9-16(12-21-11-14)25-7-1-2-8-25/h3,6,9-12,15H,1-2,4-5,7-8H2,(H,22,26)(H,23,24). The largest absolute Gasteiger partial charge is 0.370 e. The molecule has 2 aromatic heterocycles. The summed E-state index contributed by atoms with van der Waals surface area (Å²) in [4.78, 5) is 19.2. The molecule has 0 bridgehead atoms. The zero-order valence-electron chi connectivity index (χ0n) is 14.5. The Balaban J connectivity index is 1.50. The number of carbonyl (C=O) groups excluding carboxylic acids is 1. The third kappa shape index (κ3) is 2.81. The fourth-order valence-electron chi connectivity index (χ4n) is 3.58. The van der Waals surface area contributed by atoms with Crippen molar-refractivity contribution in [2.45, 2.75) is 31.7 Å². The van der Waals surface area contributed by atoms with E-state index < -0.39 is 0 Å². The van der Waals surface area contributed by atoms with E-state index in [2.05, 4.69) is 31.5 Å². The Labute approximate surface area is 151 Å². The summed E-state index contributed by atoms with van der Waals surface area (Å²) in [6.07, 6.45) is 8.42. The van der Waals surface area contributed by atoms with Gasteiger partial charge in [0, 0.05) is 36.3 Å². The Bertz CT molecular complexity index is 969. The molecule has 2 aliphatic rings. The van der Waals surface area contributed by atoms with E-state index in [9.17, 15) is 4.79 Å². The maximum Gasteiger partial charge on any atom is 0.272 e. The molecule has 1 saturated heterocycles. The van der Waals surface area contributed by atoms with Crippen LogP contribution >= 0.6 is 0 Å². The van der Waals surface area contributed by atoms with Crippen molar-refractivity contribution in [1.29, 1.82) is 0 Å². The maximum absolute atomic E-state index is 12.4. The summed E-state index contributed by atoms with van der Waals surface area (Å²) in [7, 11) is 0. The molecule has 5 rings (SSSR count). The first-order valence-electron chi connectivity index (χ1n) is 9.27. The molecule has 0 radical (unpaired) electrons. The van der Waals surface area contributed by atoms with E-state index in [1.54, 1.807) is 0 Å². The van der Waals surface area contributed by atoms with E-state index in [0.717, 1.165) is 48.0 Å². The van der Waals surface area contributed by atoms with E-state index in [1.165, 1.54) is 18.5 Å². The molecule has 6 heteroatoms. The molecule has 2 fully saturated rings. The predicted molar refractivity (Wildman–Crippen MR) is 101 cm³/mol. The van der Waals surface area contributed by atoms with Crippen LogP contribution in [0.4, 0.5) is 5.69 Å². The summed E-state index contributed by atoms with van der Waals surface area (Å²) in [6.45, 7) is 2.19. The highest BCUT2D eigenvalue weighted by Gasteiger charge is 2.25. The number of rotatable bonds is 4. The fraction of sp³-hybridized carbons (Fsp3) is 0.350. The Morgan fingerprint density at radius 1 is 1.12 bits per heavy atom. The van der Waals surface area contributed by atoms with Gasteiger partial charge in [-0.05, 0) is 49.4 Å². The molecule has 1 saturated carbocycles. The van der Waals surface area contributed by atoms with E-state index in [1.807, 2.05) is 30.6 Å². The number of pyridine rings is 1. The van der Waals surface area contributed by atoms with E-state index in [4.69, 9.17) is 0 Å². The number of amides is 1. The van der Waals surface area contributed by atoms with Gasteiger partial charge in [-0.15, -0.1) is 0 Å². The second-order valence-corrected chi connectivity index (χ2v) is 7.21. The highest BCUT2D eigenvalue weighted by atomic mass is 16.2. The smallest absolute Gasteiger partial charge is 0.272 e. The lowest BCUT2D eigenvalue weighted by Gasteiger charge is -2.17. The van der Waals surface area contributed by atoms with Gasteiger partial charge in [0.15, 0.2) is 5.69 Å². The highest BCUT2D eigenvalue weighted by molar-refractivity contribution is 6.05. The zero-order chi connectivity index (χ0) is 17.5. The molecule has 1 aliphatic heterocycles. The first-order chi connectivity index (χ1) is 12.8. The average molecular weight is 347 g/mol. The molecule has 0 unspecified atom stereocenters. The van der Waals surface area contributed by atoms with Crippen LogP contribution in [-0.2, 0) is 0 Å². The quantitative estimate of drug-likeness (QED) is 0.760. The van der Waals surface area contributed by atoms with Crippen molar-refractivity contribution in [2.24, 2.45) is 0 Å². The summed E-state index contributed by atoms with van der Waals surface area (Å²) in [5.41, 5.74) is 4.62. The summed E-state index contributed by atoms with van der Waals surface area (Å²) in [6, 6.07) is 8.57. The summed E-state index contributed by atoms with van der Waals surface area (Å²) < 4.78 is 0. The van der Waals surface area contributed by atoms with Gasteiger partial charge in [0.25, 0.3) is 5.91 Å². The molecule has 0 spiro atoms. The van der Waals surface area contributed by atoms with Crippen LogP contribution in [0.2, 0.25) is 0 Å². The van der Waals surface area contributed by atoms with Gasteiger partial charge in [-0.1, -0.05) is 6.07 Å². The minimum Gasteiger partial charge on any atom is -0.370 e. The molecule has 6 nitrogen and oxygen atoms in total. The van der Waals surface area contributed by atoms with Crippen molar-refractivity contribution in [2.75, 3.05) is 18.0 Å². The van der Waals surface area contributed by atoms with Crippen LogP contribution in [-0.4, -0.2) is 40.2 Å². The lowest BCUT2D eigenvalue weighted by atomic mass is 10.0. The number of nitrogens with one attached hydrogen (secondary N) is 2. The Morgan fingerprint density at radius 3 is 2.77 bits per heavy atom. The Hall–Kier alpha value is -2.89. The zero-order valence-corrected chi connectivity index (χ0v) is 14.5. The van der Waals surface area contributed by atoms with Gasteiger partial charge in [-0.25, -0.2) is 0 Å². The Kier molecular flexibility index (Phi) is 3.62. The summed E-state index contributed by atoms with van der Waals surface area (Å²) in [5, 5.41) is 11.1. The number of carbonyl (C=O) groups is 1. The van der Waals surface area contributed by atoms with Gasteiger partial charge in [-0.3, -0.25) is 14.9 Å². The van der Waals surface area contributed by atoms with Crippen molar-refractivity contribution in [3.63, 3.8) is 0 Å². The molecule has 2 N–H and O–H groups in total. The van der Waals surface area contributed by atoms with Crippen LogP contribution in [0.15, 0.2) is 36.7 Å². The van der Waals surface area contributed by atoms with Crippen LogP contribution in [0.5, 0.6) is 0 Å². The van der Waals surface area contributed by atoms with Gasteiger partial charge < -0.3 is 10.2 Å². The predicted octanol–water partition coefficient (Wildman–Crippen LogP) is 3.12. The van der Waals surface area contributed by atoms with E-state index in [-0.39, 0.29) is 5.91 Å². The van der Waals surface area contributed by atoms with Crippen molar-refractivity contribution in [3.8, 4) is 11.1 Å². The lowest BCUT2D eigenvalue weighted by molar-refractivity contribution is 0.0947. The van der Waals surface area contributed by atoms with Crippen LogP contribution in [0.1, 0.15) is 36.2 Å². The number of aromatic nitrogens is 3. The van der Waals surface area contributed by atoms with Gasteiger partial charge >= 0.3 is 0 Å². The molecule has 132 valence electrons. The first kappa shape index (κ1) is 15.4. The number of benzene rings is 1. The molecule has 0 atom stereocenters. The summed E-state index contributed by atoms with van der Waals surface area (Å²) >= 11 is 0. The molecular weight excluding hydrogens is 326 g/mol. The average Bonchev–Trinajstić information content (AvgIpc) is 3.16. The van der Waals surface area contributed by atoms with E-state index in [0.29, 0.717) is 11.7 Å². The van der Waals surface area contributed by atoms with Gasteiger partial charge in [0.2, 0.25) is 0 Å². The number of hydrogen-bond donors (Lipinski definition) is 2. The molecule has 3 heterocycles. The molecule has 26 heavy (non-hydrogen) atoms. The molecule has 1 aliphatic carbocycles. The number of nitrogens with zero attached hydrogens (tertiary/aromatic N) is 3. The second kappa shape index (κ2) is 6.12. The number of H-pyrrole nitrogens is 1. The van der Waals surface area contributed by atoms with Gasteiger partial charge in [-0.2, -0.15) is 5.10 Å². The topological polar surface area (TPSA) is 73.9 Å². The minimum absolute atomic E-state index is 0.0974. The first-order valence-corrected chi connectivity index (χ1v) is 9.27. The minimum atomic E-state index is -0.0974. The monoisotopic (exact) mass is 347 g/mol. The number of fused-ring (bicyclic) bond motifs is 1.